The minimum absolute atomic E-state index is 0.188. The van der Waals surface area contributed by atoms with Gasteiger partial charge in [-0.05, 0) is 12.5 Å². The molecule has 6 nitrogen and oxygen atoms in total. The lowest BCUT2D eigenvalue weighted by Gasteiger charge is -2.26. The molecule has 0 saturated heterocycles. The summed E-state index contributed by atoms with van der Waals surface area (Å²) in [5.41, 5.74) is 8.71. The Hall–Kier alpha value is -2.12. The maximum atomic E-state index is 8.88. The topological polar surface area (TPSA) is 86.2 Å². The van der Waals surface area contributed by atoms with E-state index in [1.807, 2.05) is 18.2 Å². The van der Waals surface area contributed by atoms with E-state index in [2.05, 4.69) is 36.4 Å². The molecule has 26 heavy (non-hydrogen) atoms. The zero-order valence-corrected chi connectivity index (χ0v) is 15.7. The SMILES string of the molecule is CCCCc1nc2c(N)nc3ccccc3c2n1CC(C)(C)CO[B]O. The molecule has 3 rings (SSSR count). The Morgan fingerprint density at radius 2 is 2.04 bits per heavy atom. The molecule has 0 aliphatic carbocycles. The molecule has 7 heteroatoms. The van der Waals surface area contributed by atoms with Crippen molar-refractivity contribution in [1.82, 2.24) is 14.5 Å². The number of nitrogen functional groups attached to an aromatic ring is 1. The number of nitrogens with zero attached hydrogens (tertiary/aromatic N) is 3. The molecule has 137 valence electrons. The Morgan fingerprint density at radius 3 is 2.77 bits per heavy atom. The maximum Gasteiger partial charge on any atom is 0.485 e. The Kier molecular flexibility index (Phi) is 5.48. The Bertz CT molecular complexity index is 907. The van der Waals surface area contributed by atoms with Crippen LogP contribution in [0.15, 0.2) is 24.3 Å². The van der Waals surface area contributed by atoms with Gasteiger partial charge in [-0.25, -0.2) is 9.97 Å². The van der Waals surface area contributed by atoms with Crippen LogP contribution in [0.25, 0.3) is 21.9 Å². The molecule has 0 aliphatic heterocycles. The van der Waals surface area contributed by atoms with Crippen LogP contribution < -0.4 is 5.73 Å². The van der Waals surface area contributed by atoms with Gasteiger partial charge in [0.25, 0.3) is 0 Å². The van der Waals surface area contributed by atoms with Crippen LogP contribution in [0, 0.1) is 5.41 Å². The largest absolute Gasteiger partial charge is 0.485 e. The van der Waals surface area contributed by atoms with Crippen LogP contribution >= 0.6 is 0 Å². The number of rotatable bonds is 8. The summed E-state index contributed by atoms with van der Waals surface area (Å²) in [6.07, 6.45) is 3.06. The summed E-state index contributed by atoms with van der Waals surface area (Å²) in [5.74, 6) is 1.49. The number of aromatic nitrogens is 3. The van der Waals surface area contributed by atoms with Gasteiger partial charge in [-0.2, -0.15) is 0 Å². The summed E-state index contributed by atoms with van der Waals surface area (Å²) >= 11 is 0. The number of para-hydroxylation sites is 1. The van der Waals surface area contributed by atoms with Gasteiger partial charge in [-0.15, -0.1) is 0 Å². The first-order valence-electron chi connectivity index (χ1n) is 9.07. The summed E-state index contributed by atoms with van der Waals surface area (Å²) in [6, 6.07) is 8.02. The first-order chi connectivity index (χ1) is 12.5. The molecule has 0 bridgehead atoms. The number of pyridine rings is 1. The molecule has 1 radical (unpaired) electrons. The zero-order valence-electron chi connectivity index (χ0n) is 15.7. The molecule has 0 unspecified atom stereocenters. The highest BCUT2D eigenvalue weighted by molar-refractivity contribution is 6.15. The quantitative estimate of drug-likeness (QED) is 0.608. The van der Waals surface area contributed by atoms with E-state index >= 15 is 0 Å². The van der Waals surface area contributed by atoms with Crippen LogP contribution in [-0.2, 0) is 17.6 Å². The zero-order chi connectivity index (χ0) is 18.7. The molecule has 0 spiro atoms. The number of benzene rings is 1. The van der Waals surface area contributed by atoms with Crippen molar-refractivity contribution >= 4 is 35.4 Å². The first kappa shape index (κ1) is 18.7. The van der Waals surface area contributed by atoms with Crippen LogP contribution in [0.4, 0.5) is 5.82 Å². The van der Waals surface area contributed by atoms with Crippen molar-refractivity contribution in [3.8, 4) is 0 Å². The van der Waals surface area contributed by atoms with E-state index in [4.69, 9.17) is 20.4 Å². The molecule has 0 fully saturated rings. The highest BCUT2D eigenvalue weighted by Crippen LogP contribution is 2.32. The van der Waals surface area contributed by atoms with Crippen LogP contribution in [0.5, 0.6) is 0 Å². The van der Waals surface area contributed by atoms with Crippen molar-refractivity contribution in [2.45, 2.75) is 46.6 Å². The fraction of sp³-hybridized carbons (Fsp3) is 0.474. The number of fused-ring (bicyclic) bond motifs is 3. The molecular weight excluding hydrogens is 327 g/mol. The lowest BCUT2D eigenvalue weighted by Crippen LogP contribution is -2.27. The lowest BCUT2D eigenvalue weighted by molar-refractivity contribution is 0.148. The van der Waals surface area contributed by atoms with E-state index in [-0.39, 0.29) is 5.41 Å². The van der Waals surface area contributed by atoms with Gasteiger partial charge in [0.05, 0.1) is 11.0 Å². The summed E-state index contributed by atoms with van der Waals surface area (Å²) in [7, 11) is 0.753. The van der Waals surface area contributed by atoms with Gasteiger partial charge < -0.3 is 20.0 Å². The second-order valence-electron chi connectivity index (χ2n) is 7.51. The molecule has 2 aromatic heterocycles. The Balaban J connectivity index is 2.19. The summed E-state index contributed by atoms with van der Waals surface area (Å²) in [5, 5.41) is 9.94. The molecule has 0 atom stereocenters. The molecule has 2 heterocycles. The van der Waals surface area contributed by atoms with E-state index in [0.29, 0.717) is 19.0 Å². The van der Waals surface area contributed by atoms with E-state index in [9.17, 15) is 0 Å². The third kappa shape index (κ3) is 3.69. The monoisotopic (exact) mass is 353 g/mol. The number of imidazole rings is 1. The molecule has 0 saturated carbocycles. The molecule has 3 N–H and O–H groups in total. The van der Waals surface area contributed by atoms with Crippen molar-refractivity contribution < 1.29 is 9.68 Å². The van der Waals surface area contributed by atoms with Crippen LogP contribution in [0.3, 0.4) is 0 Å². The third-order valence-corrected chi connectivity index (χ3v) is 4.58. The molecule has 3 aromatic rings. The number of anilines is 1. The first-order valence-corrected chi connectivity index (χ1v) is 9.07. The average molecular weight is 353 g/mol. The molecular formula is C19H26BN4O2. The van der Waals surface area contributed by atoms with E-state index < -0.39 is 0 Å². The van der Waals surface area contributed by atoms with Gasteiger partial charge in [-0.3, -0.25) is 0 Å². The van der Waals surface area contributed by atoms with Gasteiger partial charge >= 0.3 is 7.69 Å². The van der Waals surface area contributed by atoms with Gasteiger partial charge in [0.2, 0.25) is 0 Å². The summed E-state index contributed by atoms with van der Waals surface area (Å²) in [4.78, 5) is 9.37. The second-order valence-corrected chi connectivity index (χ2v) is 7.51. The second kappa shape index (κ2) is 7.64. The fourth-order valence-electron chi connectivity index (χ4n) is 3.34. The number of nitrogens with two attached hydrogens (primary N) is 1. The van der Waals surface area contributed by atoms with Gasteiger partial charge in [0.1, 0.15) is 11.3 Å². The normalized spacial score (nSPS) is 12.2. The van der Waals surface area contributed by atoms with E-state index in [1.54, 1.807) is 0 Å². The minimum atomic E-state index is -0.188. The van der Waals surface area contributed by atoms with Crippen molar-refractivity contribution in [1.29, 1.82) is 0 Å². The molecule has 0 amide bonds. The van der Waals surface area contributed by atoms with Crippen LogP contribution in [0.1, 0.15) is 39.4 Å². The highest BCUT2D eigenvalue weighted by atomic mass is 16.5. The van der Waals surface area contributed by atoms with Gasteiger partial charge in [0, 0.05) is 30.4 Å². The minimum Gasteiger partial charge on any atom is -0.429 e. The smallest absolute Gasteiger partial charge is 0.429 e. The predicted octanol–water partition coefficient (Wildman–Crippen LogP) is 3.08. The lowest BCUT2D eigenvalue weighted by atomic mass is 9.94. The van der Waals surface area contributed by atoms with E-state index in [1.165, 1.54) is 0 Å². The van der Waals surface area contributed by atoms with Crippen LogP contribution in [0.2, 0.25) is 0 Å². The maximum absolute atomic E-state index is 8.88. The van der Waals surface area contributed by atoms with Crippen molar-refractivity contribution in [2.75, 3.05) is 12.3 Å². The molecule has 0 aliphatic rings. The van der Waals surface area contributed by atoms with Crippen molar-refractivity contribution in [2.24, 2.45) is 5.41 Å². The average Bonchev–Trinajstić information content (AvgIpc) is 2.97. The predicted molar refractivity (Wildman–Crippen MR) is 106 cm³/mol. The summed E-state index contributed by atoms with van der Waals surface area (Å²) < 4.78 is 7.41. The Morgan fingerprint density at radius 1 is 1.27 bits per heavy atom. The number of hydrogen-bond donors (Lipinski definition) is 2. The Labute approximate surface area is 154 Å². The highest BCUT2D eigenvalue weighted by Gasteiger charge is 2.24. The summed E-state index contributed by atoms with van der Waals surface area (Å²) in [6.45, 7) is 7.52. The van der Waals surface area contributed by atoms with Crippen molar-refractivity contribution in [3.05, 3.63) is 30.1 Å². The van der Waals surface area contributed by atoms with Crippen LogP contribution in [-0.4, -0.2) is 33.9 Å². The number of unbranched alkanes of at least 4 members (excludes halogenated alkanes) is 1. The van der Waals surface area contributed by atoms with Crippen molar-refractivity contribution in [3.63, 3.8) is 0 Å². The molecule has 1 aromatic carbocycles. The fourth-order valence-corrected chi connectivity index (χ4v) is 3.34. The number of aryl methyl sites for hydroxylation is 1. The van der Waals surface area contributed by atoms with Gasteiger partial charge in [0.15, 0.2) is 5.82 Å². The standard InChI is InChI=1S/C19H26BN4O2/c1-4-5-10-15-23-16-17(24(15)11-19(2,3)12-26-20-25)13-8-6-7-9-14(13)22-18(16)21/h6-9,25H,4-5,10-12H2,1-3H3,(H2,21,22). The third-order valence-electron chi connectivity index (χ3n) is 4.58. The van der Waals surface area contributed by atoms with Gasteiger partial charge in [-0.1, -0.05) is 45.4 Å². The van der Waals surface area contributed by atoms with E-state index in [0.717, 1.165) is 54.7 Å². The number of hydrogen-bond acceptors (Lipinski definition) is 5.